The van der Waals surface area contributed by atoms with Crippen molar-refractivity contribution in [3.05, 3.63) is 60.9 Å². The van der Waals surface area contributed by atoms with Crippen LogP contribution in [0.4, 0.5) is 0 Å². The Morgan fingerprint density at radius 2 is 1.11 bits per heavy atom. The van der Waals surface area contributed by atoms with Gasteiger partial charge in [0.05, 0.1) is 19.0 Å². The zero-order valence-corrected chi connectivity index (χ0v) is 27.7. The fourth-order valence-electron chi connectivity index (χ4n) is 5.51. The van der Waals surface area contributed by atoms with Crippen LogP contribution in [0.3, 0.4) is 0 Å². The van der Waals surface area contributed by atoms with Crippen molar-refractivity contribution in [3.63, 3.8) is 0 Å². The van der Waals surface area contributed by atoms with Crippen molar-refractivity contribution in [2.75, 3.05) is 6.61 Å². The third-order valence-corrected chi connectivity index (χ3v) is 8.34. The van der Waals surface area contributed by atoms with Crippen molar-refractivity contribution in [3.8, 4) is 34.0 Å². The quantitative estimate of drug-likeness (QED) is 0.0615. The molecule has 5 nitrogen and oxygen atoms in total. The van der Waals surface area contributed by atoms with Crippen LogP contribution in [-0.4, -0.2) is 22.5 Å². The fourth-order valence-corrected chi connectivity index (χ4v) is 5.51. The van der Waals surface area contributed by atoms with E-state index in [2.05, 4.69) is 42.9 Å². The minimum Gasteiger partial charge on any atom is -0.490 e. The van der Waals surface area contributed by atoms with Gasteiger partial charge in [0.15, 0.2) is 11.6 Å². The Balaban J connectivity index is 1.34. The Morgan fingerprint density at radius 3 is 1.73 bits per heavy atom. The van der Waals surface area contributed by atoms with Crippen molar-refractivity contribution < 1.29 is 14.3 Å². The van der Waals surface area contributed by atoms with Crippen LogP contribution in [0.15, 0.2) is 60.9 Å². The summed E-state index contributed by atoms with van der Waals surface area (Å²) in [5.41, 5.74) is 3.11. The molecule has 240 valence electrons. The monoisotopic (exact) mass is 600 g/mol. The second-order valence-electron chi connectivity index (χ2n) is 12.3. The van der Waals surface area contributed by atoms with Gasteiger partial charge in [0.25, 0.3) is 0 Å². The molecule has 0 fully saturated rings. The maximum absolute atomic E-state index is 12.3. The molecule has 0 aliphatic carbocycles. The van der Waals surface area contributed by atoms with Crippen LogP contribution >= 0.6 is 0 Å². The summed E-state index contributed by atoms with van der Waals surface area (Å²) in [4.78, 5) is 21.3. The van der Waals surface area contributed by atoms with E-state index in [1.54, 1.807) is 12.4 Å². The summed E-state index contributed by atoms with van der Waals surface area (Å²) in [6.07, 6.45) is 24.2. The topological polar surface area (TPSA) is 61.3 Å². The summed E-state index contributed by atoms with van der Waals surface area (Å²) in [6, 6.07) is 15.9. The van der Waals surface area contributed by atoms with Crippen LogP contribution in [0.5, 0.6) is 11.5 Å². The molecule has 44 heavy (non-hydrogen) atoms. The second-order valence-corrected chi connectivity index (χ2v) is 12.3. The molecule has 0 aliphatic rings. The largest absolute Gasteiger partial charge is 0.490 e. The molecule has 0 unspecified atom stereocenters. The van der Waals surface area contributed by atoms with Crippen LogP contribution in [-0.2, 0) is 4.79 Å². The number of esters is 1. The molecule has 0 bridgehead atoms. The highest BCUT2D eigenvalue weighted by Gasteiger charge is 2.09. The Bertz CT molecular complexity index is 1160. The van der Waals surface area contributed by atoms with Gasteiger partial charge >= 0.3 is 5.97 Å². The van der Waals surface area contributed by atoms with E-state index >= 15 is 0 Å². The molecule has 0 amide bonds. The van der Waals surface area contributed by atoms with Gasteiger partial charge in [0.2, 0.25) is 0 Å². The molecule has 1 atom stereocenters. The first-order valence-electron chi connectivity index (χ1n) is 17.5. The second kappa shape index (κ2) is 21.5. The zero-order valence-electron chi connectivity index (χ0n) is 27.7. The first kappa shape index (κ1) is 35.3. The van der Waals surface area contributed by atoms with Crippen molar-refractivity contribution in [1.82, 2.24) is 9.97 Å². The molecule has 3 rings (SSSR count). The predicted octanol–water partition coefficient (Wildman–Crippen LogP) is 11.4. The first-order valence-corrected chi connectivity index (χ1v) is 17.5. The molecule has 0 saturated carbocycles. The number of carbonyl (C=O) groups excluding carboxylic acids is 1. The standard InChI is InChI=1S/C39H56N2O3/c1-4-6-8-9-10-11-12-13-14-16-29-43-37-30-40-39(41-31-37)35-23-21-33(22-24-35)34-25-27-36(28-26-34)44-38(42)20-17-19-32(3)18-15-7-5-2/h21-28,30-32H,4-20,29H2,1-3H3/t32-/m0/s1. The first-order chi connectivity index (χ1) is 21.6. The average Bonchev–Trinajstić information content (AvgIpc) is 3.04. The number of benzene rings is 2. The van der Waals surface area contributed by atoms with Crippen molar-refractivity contribution in [1.29, 1.82) is 0 Å². The molecule has 1 aromatic heterocycles. The molecule has 1 heterocycles. The predicted molar refractivity (Wildman–Crippen MR) is 183 cm³/mol. The lowest BCUT2D eigenvalue weighted by atomic mass is 9.97. The van der Waals surface area contributed by atoms with Crippen LogP contribution in [0, 0.1) is 5.92 Å². The van der Waals surface area contributed by atoms with Crippen LogP contribution < -0.4 is 9.47 Å². The van der Waals surface area contributed by atoms with Crippen molar-refractivity contribution in [2.24, 2.45) is 5.92 Å². The molecule has 0 spiro atoms. The van der Waals surface area contributed by atoms with E-state index < -0.39 is 0 Å². The van der Waals surface area contributed by atoms with Gasteiger partial charge in [-0.3, -0.25) is 4.79 Å². The van der Waals surface area contributed by atoms with E-state index in [0.717, 1.165) is 41.7 Å². The Labute approximate surface area is 267 Å². The number of unbranched alkanes of at least 4 members (excludes halogenated alkanes) is 11. The number of nitrogens with zero attached hydrogens (tertiary/aromatic N) is 2. The van der Waals surface area contributed by atoms with Gasteiger partial charge in [-0.1, -0.05) is 147 Å². The fraction of sp³-hybridized carbons (Fsp3) is 0.564. The van der Waals surface area contributed by atoms with E-state index in [1.807, 2.05) is 36.4 Å². The summed E-state index contributed by atoms with van der Waals surface area (Å²) in [7, 11) is 0. The Kier molecular flexibility index (Phi) is 17.2. The molecular formula is C39H56N2O3. The number of hydrogen-bond donors (Lipinski definition) is 0. The highest BCUT2D eigenvalue weighted by molar-refractivity contribution is 5.73. The Hall–Kier alpha value is -3.21. The van der Waals surface area contributed by atoms with E-state index in [4.69, 9.17) is 9.47 Å². The maximum atomic E-state index is 12.3. The van der Waals surface area contributed by atoms with E-state index in [-0.39, 0.29) is 5.97 Å². The van der Waals surface area contributed by atoms with Gasteiger partial charge in [-0.05, 0) is 42.0 Å². The lowest BCUT2D eigenvalue weighted by molar-refractivity contribution is -0.134. The van der Waals surface area contributed by atoms with Crippen LogP contribution in [0.1, 0.15) is 130 Å². The van der Waals surface area contributed by atoms with Crippen molar-refractivity contribution >= 4 is 5.97 Å². The molecule has 0 N–H and O–H groups in total. The zero-order chi connectivity index (χ0) is 31.2. The van der Waals surface area contributed by atoms with Gasteiger partial charge in [0, 0.05) is 12.0 Å². The molecule has 0 radical (unpaired) electrons. The van der Waals surface area contributed by atoms with Gasteiger partial charge in [0.1, 0.15) is 5.75 Å². The highest BCUT2D eigenvalue weighted by atomic mass is 16.5. The maximum Gasteiger partial charge on any atom is 0.311 e. The molecule has 3 aromatic rings. The summed E-state index contributed by atoms with van der Waals surface area (Å²) < 4.78 is 11.4. The molecule has 2 aromatic carbocycles. The van der Waals surface area contributed by atoms with Crippen LogP contribution in [0.2, 0.25) is 0 Å². The molecule has 0 aliphatic heterocycles. The highest BCUT2D eigenvalue weighted by Crippen LogP contribution is 2.26. The number of rotatable bonds is 23. The minimum absolute atomic E-state index is 0.155. The van der Waals surface area contributed by atoms with Crippen LogP contribution in [0.25, 0.3) is 22.5 Å². The SMILES string of the molecule is CCCCCCCCCCCCOc1cnc(-c2ccc(-c3ccc(OC(=O)CCC[C@@H](C)CCCCC)cc3)cc2)nc1. The van der Waals surface area contributed by atoms with E-state index in [9.17, 15) is 4.79 Å². The summed E-state index contributed by atoms with van der Waals surface area (Å²) in [5.74, 6) is 2.51. The summed E-state index contributed by atoms with van der Waals surface area (Å²) in [6.45, 7) is 7.49. The number of aromatic nitrogens is 2. The van der Waals surface area contributed by atoms with Crippen molar-refractivity contribution in [2.45, 2.75) is 130 Å². The van der Waals surface area contributed by atoms with Gasteiger partial charge < -0.3 is 9.47 Å². The smallest absolute Gasteiger partial charge is 0.311 e. The van der Waals surface area contributed by atoms with E-state index in [0.29, 0.717) is 30.5 Å². The molecule has 0 saturated heterocycles. The third kappa shape index (κ3) is 14.1. The number of ether oxygens (including phenoxy) is 2. The van der Waals surface area contributed by atoms with Gasteiger partial charge in [-0.25, -0.2) is 9.97 Å². The number of carbonyl (C=O) groups is 1. The minimum atomic E-state index is -0.155. The van der Waals surface area contributed by atoms with Gasteiger partial charge in [-0.15, -0.1) is 0 Å². The lowest BCUT2D eigenvalue weighted by Gasteiger charge is -2.10. The van der Waals surface area contributed by atoms with E-state index in [1.165, 1.54) is 83.5 Å². The normalized spacial score (nSPS) is 11.8. The Morgan fingerprint density at radius 1 is 0.614 bits per heavy atom. The summed E-state index contributed by atoms with van der Waals surface area (Å²) >= 11 is 0. The molecular weight excluding hydrogens is 544 g/mol. The third-order valence-electron chi connectivity index (χ3n) is 8.34. The summed E-state index contributed by atoms with van der Waals surface area (Å²) in [5, 5.41) is 0. The average molecular weight is 601 g/mol. The molecule has 5 heteroatoms. The lowest BCUT2D eigenvalue weighted by Crippen LogP contribution is -2.08. The number of hydrogen-bond acceptors (Lipinski definition) is 5. The van der Waals surface area contributed by atoms with Gasteiger partial charge in [-0.2, -0.15) is 0 Å².